The first-order chi connectivity index (χ1) is 15.6. The molecule has 0 bridgehead atoms. The van der Waals surface area contributed by atoms with Crippen LogP contribution in [0.15, 0.2) is 44.4 Å². The van der Waals surface area contributed by atoms with Crippen molar-refractivity contribution >= 4 is 48.9 Å². The highest BCUT2D eigenvalue weighted by molar-refractivity contribution is 9.11. The Morgan fingerprint density at radius 2 is 1.79 bits per heavy atom. The Bertz CT molecular complexity index is 1120. The van der Waals surface area contributed by atoms with E-state index in [0.717, 1.165) is 27.3 Å². The zero-order valence-corrected chi connectivity index (χ0v) is 20.8. The van der Waals surface area contributed by atoms with Crippen LogP contribution in [0.1, 0.15) is 18.4 Å². The van der Waals surface area contributed by atoms with Crippen LogP contribution in [0.2, 0.25) is 0 Å². The average Bonchev–Trinajstić information content (AvgIpc) is 3.25. The van der Waals surface area contributed by atoms with Gasteiger partial charge < -0.3 is 9.80 Å². The number of piperidine rings is 1. The predicted molar refractivity (Wildman–Crippen MR) is 124 cm³/mol. The van der Waals surface area contributed by atoms with E-state index in [1.165, 1.54) is 10.4 Å². The third kappa shape index (κ3) is 5.39. The van der Waals surface area contributed by atoms with Gasteiger partial charge in [0, 0.05) is 45.0 Å². The van der Waals surface area contributed by atoms with Gasteiger partial charge in [0.15, 0.2) is 0 Å². The number of nitrogens with zero attached hydrogens (tertiary/aromatic N) is 3. The lowest BCUT2D eigenvalue weighted by molar-refractivity contribution is -0.137. The van der Waals surface area contributed by atoms with E-state index in [0.29, 0.717) is 51.3 Å². The molecule has 2 aromatic rings. The number of halogens is 4. The molecule has 1 aromatic carbocycles. The third-order valence-corrected chi connectivity index (χ3v) is 9.96. The minimum atomic E-state index is -4.40. The molecule has 6 nitrogen and oxygen atoms in total. The first-order valence-electron chi connectivity index (χ1n) is 10.5. The van der Waals surface area contributed by atoms with Crippen LogP contribution in [-0.4, -0.2) is 62.8 Å². The lowest BCUT2D eigenvalue weighted by atomic mass is 9.97. The number of amides is 1. The normalized spacial score (nSPS) is 20.8. The van der Waals surface area contributed by atoms with E-state index < -0.39 is 27.7 Å². The van der Waals surface area contributed by atoms with E-state index >= 15 is 0 Å². The number of thiophene rings is 1. The van der Waals surface area contributed by atoms with Crippen LogP contribution < -0.4 is 4.90 Å². The van der Waals surface area contributed by atoms with Crippen LogP contribution in [0.3, 0.4) is 0 Å². The summed E-state index contributed by atoms with van der Waals surface area (Å²) in [5, 5.41) is 0. The number of piperazine rings is 1. The molecule has 33 heavy (non-hydrogen) atoms. The Labute approximate surface area is 203 Å². The summed E-state index contributed by atoms with van der Waals surface area (Å²) in [6, 6.07) is 8.44. The number of anilines is 1. The molecule has 0 aliphatic carbocycles. The molecule has 1 unspecified atom stereocenters. The fourth-order valence-corrected chi connectivity index (χ4v) is 7.94. The monoisotopic (exact) mass is 565 g/mol. The number of sulfonamides is 1. The van der Waals surface area contributed by atoms with Gasteiger partial charge in [0.25, 0.3) is 10.0 Å². The van der Waals surface area contributed by atoms with Crippen molar-refractivity contribution in [2.45, 2.75) is 23.2 Å². The molecule has 3 heterocycles. The molecule has 180 valence electrons. The van der Waals surface area contributed by atoms with Crippen LogP contribution in [-0.2, 0) is 21.0 Å². The number of hydrogen-bond acceptors (Lipinski definition) is 5. The highest BCUT2D eigenvalue weighted by Gasteiger charge is 2.37. The summed E-state index contributed by atoms with van der Waals surface area (Å²) >= 11 is 4.43. The lowest BCUT2D eigenvalue weighted by Crippen LogP contribution is -2.53. The predicted octanol–water partition coefficient (Wildman–Crippen LogP) is 4.28. The van der Waals surface area contributed by atoms with E-state index in [4.69, 9.17) is 0 Å². The number of rotatable bonds is 4. The van der Waals surface area contributed by atoms with Crippen molar-refractivity contribution < 1.29 is 26.4 Å². The van der Waals surface area contributed by atoms with Crippen molar-refractivity contribution in [1.29, 1.82) is 0 Å². The van der Waals surface area contributed by atoms with E-state index in [2.05, 4.69) is 15.9 Å². The zero-order valence-electron chi connectivity index (χ0n) is 17.6. The minimum Gasteiger partial charge on any atom is -0.368 e. The van der Waals surface area contributed by atoms with Gasteiger partial charge in [0.05, 0.1) is 15.3 Å². The Hall–Kier alpha value is -1.63. The third-order valence-electron chi connectivity index (χ3n) is 6.01. The summed E-state index contributed by atoms with van der Waals surface area (Å²) in [6.07, 6.45) is -3.18. The maximum atomic E-state index is 13.1. The van der Waals surface area contributed by atoms with Crippen LogP contribution in [0, 0.1) is 5.92 Å². The number of carbonyl (C=O) groups is 1. The molecule has 1 aromatic heterocycles. The Morgan fingerprint density at radius 3 is 2.42 bits per heavy atom. The molecule has 0 N–H and O–H groups in total. The Kier molecular flexibility index (Phi) is 7.09. The largest absolute Gasteiger partial charge is 0.416 e. The number of carbonyl (C=O) groups excluding carboxylic acids is 1. The molecule has 1 amide bonds. The fourth-order valence-electron chi connectivity index (χ4n) is 4.25. The minimum absolute atomic E-state index is 0.0917. The summed E-state index contributed by atoms with van der Waals surface area (Å²) in [5.74, 6) is -0.511. The van der Waals surface area contributed by atoms with Gasteiger partial charge in [-0.1, -0.05) is 6.07 Å². The second-order valence-corrected chi connectivity index (χ2v) is 12.7. The molecule has 0 saturated carbocycles. The van der Waals surface area contributed by atoms with E-state index in [9.17, 15) is 26.4 Å². The van der Waals surface area contributed by atoms with Crippen LogP contribution in [0.25, 0.3) is 0 Å². The zero-order chi connectivity index (χ0) is 23.8. The summed E-state index contributed by atoms with van der Waals surface area (Å²) in [6.45, 7) is 2.14. The molecule has 0 radical (unpaired) electrons. The average molecular weight is 566 g/mol. The molecule has 2 fully saturated rings. The number of alkyl halides is 3. The highest BCUT2D eigenvalue weighted by atomic mass is 79.9. The first kappa shape index (κ1) is 24.5. The van der Waals surface area contributed by atoms with Gasteiger partial charge in [-0.25, -0.2) is 8.42 Å². The lowest BCUT2D eigenvalue weighted by Gasteiger charge is -2.39. The van der Waals surface area contributed by atoms with Crippen molar-refractivity contribution in [3.8, 4) is 0 Å². The van der Waals surface area contributed by atoms with E-state index in [1.807, 2.05) is 4.90 Å². The Balaban J connectivity index is 1.38. The first-order valence-corrected chi connectivity index (χ1v) is 13.6. The van der Waals surface area contributed by atoms with Gasteiger partial charge in [-0.15, -0.1) is 11.3 Å². The van der Waals surface area contributed by atoms with Gasteiger partial charge in [-0.05, 0) is 59.1 Å². The van der Waals surface area contributed by atoms with Crippen LogP contribution in [0.4, 0.5) is 18.9 Å². The molecular formula is C21H23BrF3N3O3S2. The molecule has 2 aliphatic rings. The van der Waals surface area contributed by atoms with E-state index in [-0.39, 0.29) is 16.7 Å². The van der Waals surface area contributed by atoms with Gasteiger partial charge >= 0.3 is 6.18 Å². The molecule has 2 aliphatic heterocycles. The second-order valence-electron chi connectivity index (χ2n) is 8.12. The fraction of sp³-hybridized carbons (Fsp3) is 0.476. The Morgan fingerprint density at radius 1 is 1.06 bits per heavy atom. The van der Waals surface area contributed by atoms with E-state index in [1.54, 1.807) is 23.1 Å². The SMILES string of the molecule is O=C(C1CCCN(S(=O)(=O)c2ccc(Br)s2)C1)N1CCN(c2cccc(C(F)(F)F)c2)CC1. The van der Waals surface area contributed by atoms with Gasteiger partial charge in [0.2, 0.25) is 5.91 Å². The number of benzene rings is 1. The van der Waals surface area contributed by atoms with Crippen molar-refractivity contribution in [2.75, 3.05) is 44.2 Å². The molecule has 12 heteroatoms. The van der Waals surface area contributed by atoms with Crippen LogP contribution >= 0.6 is 27.3 Å². The molecule has 4 rings (SSSR count). The maximum Gasteiger partial charge on any atom is 0.416 e. The molecular weight excluding hydrogens is 543 g/mol. The molecule has 2 saturated heterocycles. The summed E-state index contributed by atoms with van der Waals surface area (Å²) in [5.41, 5.74) is -0.214. The second kappa shape index (κ2) is 9.55. The summed E-state index contributed by atoms with van der Waals surface area (Å²) in [4.78, 5) is 16.7. The van der Waals surface area contributed by atoms with Crippen molar-refractivity contribution in [3.63, 3.8) is 0 Å². The van der Waals surface area contributed by atoms with Crippen molar-refractivity contribution in [3.05, 3.63) is 45.7 Å². The van der Waals surface area contributed by atoms with Crippen LogP contribution in [0.5, 0.6) is 0 Å². The van der Waals surface area contributed by atoms with Crippen molar-refractivity contribution in [1.82, 2.24) is 9.21 Å². The van der Waals surface area contributed by atoms with Gasteiger partial charge in [-0.3, -0.25) is 4.79 Å². The summed E-state index contributed by atoms with van der Waals surface area (Å²) < 4.78 is 67.3. The highest BCUT2D eigenvalue weighted by Crippen LogP contribution is 2.33. The molecule has 1 atom stereocenters. The van der Waals surface area contributed by atoms with Crippen molar-refractivity contribution in [2.24, 2.45) is 5.92 Å². The molecule has 0 spiro atoms. The summed E-state index contributed by atoms with van der Waals surface area (Å²) in [7, 11) is -3.65. The van der Waals surface area contributed by atoms with Gasteiger partial charge in [0.1, 0.15) is 4.21 Å². The standard InChI is InChI=1S/C21H23BrF3N3O3S2/c22-18-6-7-19(32-18)33(30,31)28-8-2-3-15(14-28)20(29)27-11-9-26(10-12-27)17-5-1-4-16(13-17)21(23,24)25/h1,4-7,13,15H,2-3,8-12,14H2. The van der Waals surface area contributed by atoms with Gasteiger partial charge in [-0.2, -0.15) is 17.5 Å². The maximum absolute atomic E-state index is 13.1. The number of hydrogen-bond donors (Lipinski definition) is 0. The smallest absolute Gasteiger partial charge is 0.368 e. The quantitative estimate of drug-likeness (QED) is 0.555. The topological polar surface area (TPSA) is 60.9 Å².